The summed E-state index contributed by atoms with van der Waals surface area (Å²) in [6.45, 7) is 0. The van der Waals surface area contributed by atoms with E-state index in [1.165, 1.54) is 0 Å². The standard InChI is InChI=1S/C27H26N2O4/c1-32-19-10-11-25(33-2)20(15-19)17-13-23-26(24(31)14-17)27(16-6-5-7-18(30)12-16)29-22-9-4-3-8-21(22)28-23/h3-12,15,17,27-30H,13-14H2,1-2H3. The van der Waals surface area contributed by atoms with E-state index in [1.807, 2.05) is 48.5 Å². The Morgan fingerprint density at radius 3 is 2.48 bits per heavy atom. The van der Waals surface area contributed by atoms with Gasteiger partial charge in [-0.2, -0.15) is 0 Å². The number of phenols is 1. The van der Waals surface area contributed by atoms with Crippen LogP contribution in [-0.4, -0.2) is 25.1 Å². The van der Waals surface area contributed by atoms with Gasteiger partial charge in [-0.15, -0.1) is 0 Å². The van der Waals surface area contributed by atoms with Gasteiger partial charge >= 0.3 is 0 Å². The SMILES string of the molecule is COc1ccc(OC)c(C2CC(=O)C3=C(C2)Nc2ccccc2NC3c2cccc(O)c2)c1. The molecule has 33 heavy (non-hydrogen) atoms. The predicted octanol–water partition coefficient (Wildman–Crippen LogP) is 5.39. The molecular formula is C27H26N2O4. The van der Waals surface area contributed by atoms with Crippen molar-refractivity contribution in [1.29, 1.82) is 0 Å². The molecule has 0 saturated carbocycles. The largest absolute Gasteiger partial charge is 0.508 e. The van der Waals surface area contributed by atoms with Gasteiger partial charge in [0.25, 0.3) is 0 Å². The van der Waals surface area contributed by atoms with Crippen LogP contribution in [0.5, 0.6) is 17.2 Å². The van der Waals surface area contributed by atoms with Gasteiger partial charge in [-0.1, -0.05) is 24.3 Å². The summed E-state index contributed by atoms with van der Waals surface area (Å²) in [4.78, 5) is 13.7. The second kappa shape index (κ2) is 8.54. The van der Waals surface area contributed by atoms with E-state index in [9.17, 15) is 9.90 Å². The van der Waals surface area contributed by atoms with Crippen LogP contribution in [0.15, 0.2) is 78.0 Å². The average molecular weight is 443 g/mol. The number of para-hydroxylation sites is 2. The molecule has 1 heterocycles. The van der Waals surface area contributed by atoms with E-state index >= 15 is 0 Å². The van der Waals surface area contributed by atoms with Crippen LogP contribution in [0.1, 0.15) is 35.9 Å². The molecule has 6 heteroatoms. The van der Waals surface area contributed by atoms with Crippen LogP contribution in [0.4, 0.5) is 11.4 Å². The molecule has 5 rings (SSSR count). The van der Waals surface area contributed by atoms with Crippen LogP contribution in [-0.2, 0) is 4.79 Å². The molecular weight excluding hydrogens is 416 g/mol. The van der Waals surface area contributed by atoms with Crippen molar-refractivity contribution in [3.8, 4) is 17.2 Å². The maximum absolute atomic E-state index is 13.7. The van der Waals surface area contributed by atoms with Gasteiger partial charge in [-0.25, -0.2) is 0 Å². The summed E-state index contributed by atoms with van der Waals surface area (Å²) in [6, 6.07) is 20.3. The van der Waals surface area contributed by atoms with Crippen molar-refractivity contribution in [2.75, 3.05) is 24.9 Å². The summed E-state index contributed by atoms with van der Waals surface area (Å²) in [5, 5.41) is 17.2. The van der Waals surface area contributed by atoms with Gasteiger partial charge in [-0.05, 0) is 54.4 Å². The van der Waals surface area contributed by atoms with Crippen molar-refractivity contribution < 1.29 is 19.4 Å². The van der Waals surface area contributed by atoms with Crippen molar-refractivity contribution in [3.63, 3.8) is 0 Å². The van der Waals surface area contributed by atoms with E-state index in [0.29, 0.717) is 18.4 Å². The second-order valence-electron chi connectivity index (χ2n) is 8.37. The highest BCUT2D eigenvalue weighted by atomic mass is 16.5. The minimum atomic E-state index is -0.371. The predicted molar refractivity (Wildman–Crippen MR) is 128 cm³/mol. The van der Waals surface area contributed by atoms with E-state index < -0.39 is 0 Å². The molecule has 0 fully saturated rings. The number of fused-ring (bicyclic) bond motifs is 1. The Morgan fingerprint density at radius 1 is 0.909 bits per heavy atom. The van der Waals surface area contributed by atoms with Crippen LogP contribution in [0.25, 0.3) is 0 Å². The number of aromatic hydroxyl groups is 1. The first-order valence-electron chi connectivity index (χ1n) is 11.0. The molecule has 2 atom stereocenters. The Kier molecular flexibility index (Phi) is 5.42. The maximum Gasteiger partial charge on any atom is 0.163 e. The summed E-state index contributed by atoms with van der Waals surface area (Å²) in [5.74, 6) is 1.66. The van der Waals surface area contributed by atoms with Gasteiger partial charge < -0.3 is 25.2 Å². The topological polar surface area (TPSA) is 79.8 Å². The lowest BCUT2D eigenvalue weighted by atomic mass is 9.78. The summed E-state index contributed by atoms with van der Waals surface area (Å²) in [5.41, 5.74) is 5.20. The number of ether oxygens (including phenoxy) is 2. The van der Waals surface area contributed by atoms with Crippen LogP contribution in [0.2, 0.25) is 0 Å². The minimum absolute atomic E-state index is 0.0520. The van der Waals surface area contributed by atoms with E-state index in [0.717, 1.165) is 39.7 Å². The van der Waals surface area contributed by atoms with E-state index in [4.69, 9.17) is 9.47 Å². The fourth-order valence-electron chi connectivity index (χ4n) is 4.83. The zero-order chi connectivity index (χ0) is 22.9. The van der Waals surface area contributed by atoms with Crippen LogP contribution in [0.3, 0.4) is 0 Å². The van der Waals surface area contributed by atoms with Crippen molar-refractivity contribution in [3.05, 3.63) is 89.1 Å². The van der Waals surface area contributed by atoms with Crippen LogP contribution in [0, 0.1) is 0 Å². The zero-order valence-corrected chi connectivity index (χ0v) is 18.6. The Labute approximate surface area is 192 Å². The highest BCUT2D eigenvalue weighted by molar-refractivity contribution is 6.01. The summed E-state index contributed by atoms with van der Waals surface area (Å²) in [7, 11) is 3.27. The first kappa shape index (κ1) is 20.9. The van der Waals surface area contributed by atoms with Crippen molar-refractivity contribution in [2.45, 2.75) is 24.8 Å². The highest BCUT2D eigenvalue weighted by Gasteiger charge is 2.37. The lowest BCUT2D eigenvalue weighted by Crippen LogP contribution is -2.27. The molecule has 0 saturated heterocycles. The molecule has 2 unspecified atom stereocenters. The molecule has 0 radical (unpaired) electrons. The number of Topliss-reactive ketones (excluding diaryl/α,β-unsaturated/α-hetero) is 1. The van der Waals surface area contributed by atoms with Gasteiger partial charge in [0.1, 0.15) is 17.2 Å². The summed E-state index contributed by atoms with van der Waals surface area (Å²) in [6.07, 6.45) is 1.01. The molecule has 3 N–H and O–H groups in total. The van der Waals surface area contributed by atoms with Gasteiger partial charge in [0, 0.05) is 29.2 Å². The number of phenolic OH excluding ortho intramolecular Hbond substituents is 1. The number of anilines is 2. The number of hydrogen-bond donors (Lipinski definition) is 3. The van der Waals surface area contributed by atoms with Gasteiger partial charge in [0.2, 0.25) is 0 Å². The van der Waals surface area contributed by atoms with E-state index in [1.54, 1.807) is 32.4 Å². The molecule has 1 aliphatic carbocycles. The number of allylic oxidation sites excluding steroid dienone is 1. The van der Waals surface area contributed by atoms with Crippen molar-refractivity contribution in [1.82, 2.24) is 0 Å². The smallest absolute Gasteiger partial charge is 0.163 e. The lowest BCUT2D eigenvalue weighted by Gasteiger charge is -2.30. The fraction of sp³-hybridized carbons (Fsp3) is 0.222. The first-order chi connectivity index (χ1) is 16.1. The fourth-order valence-corrected chi connectivity index (χ4v) is 4.83. The summed E-state index contributed by atoms with van der Waals surface area (Å²) >= 11 is 0. The Morgan fingerprint density at radius 2 is 1.73 bits per heavy atom. The molecule has 3 aromatic rings. The minimum Gasteiger partial charge on any atom is -0.508 e. The van der Waals surface area contributed by atoms with E-state index in [-0.39, 0.29) is 23.5 Å². The van der Waals surface area contributed by atoms with Crippen molar-refractivity contribution in [2.24, 2.45) is 0 Å². The molecule has 168 valence electrons. The number of benzene rings is 3. The second-order valence-corrected chi connectivity index (χ2v) is 8.37. The van der Waals surface area contributed by atoms with Gasteiger partial charge in [0.05, 0.1) is 31.6 Å². The Bertz CT molecular complexity index is 1250. The molecule has 0 bridgehead atoms. The van der Waals surface area contributed by atoms with Crippen LogP contribution < -0.4 is 20.1 Å². The maximum atomic E-state index is 13.7. The molecule has 0 amide bonds. The van der Waals surface area contributed by atoms with Crippen LogP contribution >= 0.6 is 0 Å². The lowest BCUT2D eigenvalue weighted by molar-refractivity contribution is -0.116. The third-order valence-corrected chi connectivity index (χ3v) is 6.39. The number of ketones is 1. The molecule has 1 aliphatic heterocycles. The first-order valence-corrected chi connectivity index (χ1v) is 11.0. The number of nitrogens with one attached hydrogen (secondary N) is 2. The zero-order valence-electron chi connectivity index (χ0n) is 18.6. The Balaban J connectivity index is 1.62. The van der Waals surface area contributed by atoms with Gasteiger partial charge in [0.15, 0.2) is 5.78 Å². The third-order valence-electron chi connectivity index (χ3n) is 6.39. The third kappa shape index (κ3) is 3.89. The highest BCUT2D eigenvalue weighted by Crippen LogP contribution is 2.46. The monoisotopic (exact) mass is 442 g/mol. The molecule has 0 spiro atoms. The Hall–Kier alpha value is -3.93. The molecule has 3 aromatic carbocycles. The number of carbonyl (C=O) groups is 1. The van der Waals surface area contributed by atoms with Gasteiger partial charge in [-0.3, -0.25) is 4.79 Å². The number of methoxy groups -OCH3 is 2. The number of hydrogen-bond acceptors (Lipinski definition) is 6. The molecule has 6 nitrogen and oxygen atoms in total. The quantitative estimate of drug-likeness (QED) is 0.503. The number of rotatable bonds is 4. The average Bonchev–Trinajstić information content (AvgIpc) is 3.00. The van der Waals surface area contributed by atoms with Crippen molar-refractivity contribution >= 4 is 17.2 Å². The molecule has 0 aromatic heterocycles. The normalized spacial score (nSPS) is 19.5. The number of carbonyl (C=O) groups excluding carboxylic acids is 1. The summed E-state index contributed by atoms with van der Waals surface area (Å²) < 4.78 is 11.0. The van der Waals surface area contributed by atoms with E-state index in [2.05, 4.69) is 10.6 Å². The molecule has 2 aliphatic rings.